The molecule has 0 spiro atoms. The smallest absolute Gasteiger partial charge is 0.306 e. The van der Waals surface area contributed by atoms with Crippen molar-refractivity contribution >= 4 is 13.8 Å². The van der Waals surface area contributed by atoms with Gasteiger partial charge in [-0.05, 0) is 32.1 Å². The van der Waals surface area contributed by atoms with Gasteiger partial charge in [0.2, 0.25) is 0 Å². The van der Waals surface area contributed by atoms with Gasteiger partial charge >= 0.3 is 5.97 Å². The van der Waals surface area contributed by atoms with Gasteiger partial charge in [0, 0.05) is 13.0 Å². The van der Waals surface area contributed by atoms with Gasteiger partial charge < -0.3 is 27.9 Å². The van der Waals surface area contributed by atoms with E-state index in [1.807, 2.05) is 21.1 Å². The van der Waals surface area contributed by atoms with E-state index in [1.54, 1.807) is 0 Å². The van der Waals surface area contributed by atoms with Crippen LogP contribution in [0.15, 0.2) is 12.2 Å². The Kier molecular flexibility index (Phi) is 40.4. The Morgan fingerprint density at radius 2 is 0.946 bits per heavy atom. The molecule has 0 aliphatic carbocycles. The fourth-order valence-corrected chi connectivity index (χ4v) is 7.55. The molecule has 0 saturated carbocycles. The number of carbonyl (C=O) groups excluding carboxylic acids is 1. The third-order valence-corrected chi connectivity index (χ3v) is 11.5. The monoisotopic (exact) mass is 816 g/mol. The lowest BCUT2D eigenvalue weighted by Gasteiger charge is -2.28. The molecular weight excluding hydrogens is 721 g/mol. The maximum absolute atomic E-state index is 12.7. The molecule has 0 fully saturated rings. The highest BCUT2D eigenvalue weighted by atomic mass is 31.2. The van der Waals surface area contributed by atoms with E-state index in [1.165, 1.54) is 173 Å². The number of ether oxygens (including phenoxy) is 2. The van der Waals surface area contributed by atoms with Crippen LogP contribution in [0.5, 0.6) is 0 Å². The standard InChI is InChI=1S/C47H94NO7P/c1-6-8-10-12-14-16-18-20-21-22-23-24-25-26-27-28-29-30-32-34-36-38-40-47(49)55-46(45-54-56(50,51)53-43-41-48(3,4)5)44-52-42-39-37-35-33-31-19-17-15-13-11-9-7-2/h13,15,46H,6-12,14,16-45H2,1-5H3/b15-13-. The van der Waals surface area contributed by atoms with Crippen molar-refractivity contribution in [3.63, 3.8) is 0 Å². The minimum Gasteiger partial charge on any atom is -0.756 e. The van der Waals surface area contributed by atoms with Crippen molar-refractivity contribution in [2.45, 2.75) is 232 Å². The summed E-state index contributed by atoms with van der Waals surface area (Å²) in [7, 11) is 1.36. The molecule has 334 valence electrons. The van der Waals surface area contributed by atoms with Crippen LogP contribution in [0, 0.1) is 0 Å². The quantitative estimate of drug-likeness (QED) is 0.0199. The molecule has 0 radical (unpaired) electrons. The van der Waals surface area contributed by atoms with Crippen molar-refractivity contribution in [2.24, 2.45) is 0 Å². The molecule has 0 aromatic carbocycles. The van der Waals surface area contributed by atoms with Crippen LogP contribution in [0.25, 0.3) is 0 Å². The average Bonchev–Trinajstić information content (AvgIpc) is 3.15. The number of hydrogen-bond donors (Lipinski definition) is 0. The molecule has 9 heteroatoms. The molecule has 0 amide bonds. The third kappa shape index (κ3) is 44.3. The lowest BCUT2D eigenvalue weighted by Crippen LogP contribution is -2.37. The predicted octanol–water partition coefficient (Wildman–Crippen LogP) is 13.6. The number of quaternary nitrogens is 1. The fraction of sp³-hybridized carbons (Fsp3) is 0.936. The number of phosphoric acid groups is 1. The topological polar surface area (TPSA) is 94.1 Å². The summed E-state index contributed by atoms with van der Waals surface area (Å²) in [5.74, 6) is -0.331. The van der Waals surface area contributed by atoms with Crippen molar-refractivity contribution in [3.05, 3.63) is 12.2 Å². The van der Waals surface area contributed by atoms with Gasteiger partial charge in [-0.15, -0.1) is 0 Å². The molecule has 0 aliphatic heterocycles. The van der Waals surface area contributed by atoms with Crippen molar-refractivity contribution in [2.75, 3.05) is 54.1 Å². The molecule has 0 bridgehead atoms. The van der Waals surface area contributed by atoms with Gasteiger partial charge in [0.25, 0.3) is 7.82 Å². The molecule has 56 heavy (non-hydrogen) atoms. The largest absolute Gasteiger partial charge is 0.756 e. The van der Waals surface area contributed by atoms with Gasteiger partial charge in [0.15, 0.2) is 0 Å². The van der Waals surface area contributed by atoms with Crippen molar-refractivity contribution in [1.29, 1.82) is 0 Å². The Labute approximate surface area is 348 Å². The Bertz CT molecular complexity index is 909. The number of hydrogen-bond acceptors (Lipinski definition) is 7. The maximum Gasteiger partial charge on any atom is 0.306 e. The van der Waals surface area contributed by atoms with E-state index in [2.05, 4.69) is 26.0 Å². The van der Waals surface area contributed by atoms with E-state index in [0.717, 1.165) is 32.1 Å². The van der Waals surface area contributed by atoms with Crippen LogP contribution in [-0.2, 0) is 27.9 Å². The number of carbonyl (C=O) groups is 1. The summed E-state index contributed by atoms with van der Waals surface area (Å²) in [6.07, 6.45) is 45.2. The second kappa shape index (κ2) is 41.0. The number of esters is 1. The summed E-state index contributed by atoms with van der Waals surface area (Å²) in [5, 5.41) is 0. The van der Waals surface area contributed by atoms with Crippen LogP contribution >= 0.6 is 7.82 Å². The zero-order valence-corrected chi connectivity index (χ0v) is 38.7. The van der Waals surface area contributed by atoms with Gasteiger partial charge in [-0.3, -0.25) is 9.36 Å². The zero-order valence-electron chi connectivity index (χ0n) is 37.9. The predicted molar refractivity (Wildman–Crippen MR) is 236 cm³/mol. The molecule has 0 heterocycles. The molecule has 0 saturated heterocycles. The normalized spacial score (nSPS) is 13.8. The zero-order chi connectivity index (χ0) is 41.3. The van der Waals surface area contributed by atoms with Crippen LogP contribution < -0.4 is 4.89 Å². The summed E-state index contributed by atoms with van der Waals surface area (Å²) in [5.41, 5.74) is 0. The molecule has 2 unspecified atom stereocenters. The third-order valence-electron chi connectivity index (χ3n) is 10.6. The lowest BCUT2D eigenvalue weighted by atomic mass is 10.0. The highest BCUT2D eigenvalue weighted by Crippen LogP contribution is 2.38. The molecular formula is C47H94NO7P. The number of phosphoric ester groups is 1. The number of unbranched alkanes of at least 4 members (excludes halogenated alkanes) is 29. The molecule has 0 rings (SSSR count). The summed E-state index contributed by atoms with van der Waals surface area (Å²) in [4.78, 5) is 25.1. The van der Waals surface area contributed by atoms with Gasteiger partial charge in [-0.25, -0.2) is 0 Å². The Balaban J connectivity index is 4.07. The fourth-order valence-electron chi connectivity index (χ4n) is 6.82. The van der Waals surface area contributed by atoms with E-state index in [0.29, 0.717) is 24.1 Å². The van der Waals surface area contributed by atoms with Gasteiger partial charge in [-0.1, -0.05) is 199 Å². The number of likely N-dealkylation sites (N-methyl/N-ethyl adjacent to an activating group) is 1. The van der Waals surface area contributed by atoms with E-state index < -0.39 is 13.9 Å². The molecule has 0 N–H and O–H groups in total. The minimum atomic E-state index is -4.52. The molecule has 0 aliphatic rings. The van der Waals surface area contributed by atoms with E-state index in [4.69, 9.17) is 18.5 Å². The Morgan fingerprint density at radius 1 is 0.536 bits per heavy atom. The lowest BCUT2D eigenvalue weighted by molar-refractivity contribution is -0.870. The van der Waals surface area contributed by atoms with Crippen LogP contribution in [0.3, 0.4) is 0 Å². The second-order valence-corrected chi connectivity index (χ2v) is 18.9. The van der Waals surface area contributed by atoms with E-state index in [-0.39, 0.29) is 25.8 Å². The van der Waals surface area contributed by atoms with Crippen molar-refractivity contribution in [1.82, 2.24) is 0 Å². The second-order valence-electron chi connectivity index (χ2n) is 17.5. The number of rotatable bonds is 45. The molecule has 0 aromatic heterocycles. The van der Waals surface area contributed by atoms with Gasteiger partial charge in [0.1, 0.15) is 19.3 Å². The van der Waals surface area contributed by atoms with Crippen LogP contribution in [0.1, 0.15) is 226 Å². The van der Waals surface area contributed by atoms with Crippen LogP contribution in [0.4, 0.5) is 0 Å². The summed E-state index contributed by atoms with van der Waals surface area (Å²) in [6.45, 7) is 5.41. The highest BCUT2D eigenvalue weighted by Gasteiger charge is 2.20. The number of allylic oxidation sites excluding steroid dienone is 2. The minimum absolute atomic E-state index is 0.0282. The van der Waals surface area contributed by atoms with Crippen molar-refractivity contribution in [3.8, 4) is 0 Å². The van der Waals surface area contributed by atoms with E-state index in [9.17, 15) is 14.3 Å². The highest BCUT2D eigenvalue weighted by molar-refractivity contribution is 7.45. The first kappa shape index (κ1) is 55.2. The molecule has 2 atom stereocenters. The SMILES string of the molecule is CCCC/C=C\CCCCCCCCOCC(COP(=O)([O-])OCC[N+](C)(C)C)OC(=O)CCCCCCCCCCCCCCCCCCCCCCCC. The van der Waals surface area contributed by atoms with Gasteiger partial charge in [0.05, 0.1) is 34.4 Å². The van der Waals surface area contributed by atoms with Crippen LogP contribution in [-0.4, -0.2) is 70.7 Å². The summed E-state index contributed by atoms with van der Waals surface area (Å²) in [6, 6.07) is 0. The summed E-state index contributed by atoms with van der Waals surface area (Å²) < 4.78 is 34.6. The summed E-state index contributed by atoms with van der Waals surface area (Å²) >= 11 is 0. The van der Waals surface area contributed by atoms with Crippen LogP contribution in [0.2, 0.25) is 0 Å². The van der Waals surface area contributed by atoms with Crippen molar-refractivity contribution < 1.29 is 37.3 Å². The average molecular weight is 816 g/mol. The van der Waals surface area contributed by atoms with E-state index >= 15 is 0 Å². The Morgan fingerprint density at radius 3 is 1.41 bits per heavy atom. The Hall–Kier alpha value is -0.760. The first-order valence-corrected chi connectivity index (χ1v) is 25.4. The first-order chi connectivity index (χ1) is 27.1. The van der Waals surface area contributed by atoms with Gasteiger partial charge in [-0.2, -0.15) is 0 Å². The molecule has 0 aromatic rings. The number of nitrogens with zero attached hydrogens (tertiary/aromatic N) is 1. The first-order valence-electron chi connectivity index (χ1n) is 23.9. The maximum atomic E-state index is 12.7. The molecule has 8 nitrogen and oxygen atoms in total.